The number of anilines is 1. The summed E-state index contributed by atoms with van der Waals surface area (Å²) in [5.74, 6) is -0.647. The highest BCUT2D eigenvalue weighted by Gasteiger charge is 2.30. The SMILES string of the molecule is CN1C(Cl)=NS(=O)(=O)c2cccc(F)c21. The second-order valence-corrected chi connectivity index (χ2v) is 4.89. The fourth-order valence-electron chi connectivity index (χ4n) is 1.33. The molecule has 0 fully saturated rings. The molecule has 0 N–H and O–H groups in total. The van der Waals surface area contributed by atoms with Crippen LogP contribution in [0.5, 0.6) is 0 Å². The molecule has 0 radical (unpaired) electrons. The van der Waals surface area contributed by atoms with Gasteiger partial charge in [-0.25, -0.2) is 4.39 Å². The number of para-hydroxylation sites is 1. The topological polar surface area (TPSA) is 49.7 Å². The molecule has 1 aromatic carbocycles. The highest BCUT2D eigenvalue weighted by molar-refractivity contribution is 7.90. The summed E-state index contributed by atoms with van der Waals surface area (Å²) in [7, 11) is -2.43. The van der Waals surface area contributed by atoms with Crippen molar-refractivity contribution in [2.45, 2.75) is 4.90 Å². The van der Waals surface area contributed by atoms with Gasteiger partial charge in [0.25, 0.3) is 10.0 Å². The fraction of sp³-hybridized carbons (Fsp3) is 0.125. The van der Waals surface area contributed by atoms with Gasteiger partial charge in [0, 0.05) is 7.05 Å². The smallest absolute Gasteiger partial charge is 0.287 e. The summed E-state index contributed by atoms with van der Waals surface area (Å²) in [5.41, 5.74) is -0.0718. The molecule has 0 aromatic heterocycles. The quantitative estimate of drug-likeness (QED) is 0.655. The molecule has 1 aromatic rings. The first-order valence-electron chi connectivity index (χ1n) is 3.96. The summed E-state index contributed by atoms with van der Waals surface area (Å²) in [6.45, 7) is 0. The Morgan fingerprint density at radius 1 is 1.47 bits per heavy atom. The minimum absolute atomic E-state index is 0.0718. The van der Waals surface area contributed by atoms with Gasteiger partial charge < -0.3 is 4.90 Å². The van der Waals surface area contributed by atoms with Crippen LogP contribution in [0.25, 0.3) is 0 Å². The standard InChI is InChI=1S/C8H6ClFN2O2S/c1-12-7-5(10)3-2-4-6(7)15(13,14)11-8(12)9/h2-4H,1H3. The highest BCUT2D eigenvalue weighted by atomic mass is 35.5. The van der Waals surface area contributed by atoms with Gasteiger partial charge in [-0.3, -0.25) is 0 Å². The first-order chi connectivity index (χ1) is 6.93. The number of fused-ring (bicyclic) bond motifs is 1. The van der Waals surface area contributed by atoms with Crippen LogP contribution in [-0.2, 0) is 10.0 Å². The van der Waals surface area contributed by atoms with E-state index in [0.29, 0.717) is 0 Å². The Kier molecular flexibility index (Phi) is 2.20. The molecular formula is C8H6ClFN2O2S. The molecule has 0 aliphatic carbocycles. The molecule has 0 amide bonds. The molecule has 0 unspecified atom stereocenters. The van der Waals surface area contributed by atoms with E-state index in [1.165, 1.54) is 30.1 Å². The van der Waals surface area contributed by atoms with Gasteiger partial charge in [0.15, 0.2) is 0 Å². The van der Waals surface area contributed by atoms with E-state index in [4.69, 9.17) is 11.6 Å². The number of benzene rings is 1. The van der Waals surface area contributed by atoms with E-state index in [9.17, 15) is 12.8 Å². The van der Waals surface area contributed by atoms with Crippen molar-refractivity contribution in [2.75, 3.05) is 11.9 Å². The van der Waals surface area contributed by atoms with Crippen LogP contribution in [0.3, 0.4) is 0 Å². The van der Waals surface area contributed by atoms with Crippen LogP contribution in [0.4, 0.5) is 10.1 Å². The van der Waals surface area contributed by atoms with E-state index in [1.807, 2.05) is 0 Å². The maximum atomic E-state index is 13.4. The van der Waals surface area contributed by atoms with Crippen molar-refractivity contribution in [3.63, 3.8) is 0 Å². The number of hydrogen-bond acceptors (Lipinski definition) is 3. The van der Waals surface area contributed by atoms with Gasteiger partial charge >= 0.3 is 0 Å². The zero-order valence-electron chi connectivity index (χ0n) is 7.61. The molecule has 4 nitrogen and oxygen atoms in total. The van der Waals surface area contributed by atoms with Gasteiger partial charge in [-0.1, -0.05) is 6.07 Å². The van der Waals surface area contributed by atoms with Crippen molar-refractivity contribution in [3.8, 4) is 0 Å². The van der Waals surface area contributed by atoms with E-state index in [2.05, 4.69) is 4.40 Å². The Bertz CT molecular complexity index is 556. The molecule has 0 atom stereocenters. The Balaban J connectivity index is 2.84. The Morgan fingerprint density at radius 2 is 2.13 bits per heavy atom. The third-order valence-corrected chi connectivity index (χ3v) is 3.77. The van der Waals surface area contributed by atoms with Gasteiger partial charge in [-0.2, -0.15) is 8.42 Å². The summed E-state index contributed by atoms with van der Waals surface area (Å²) < 4.78 is 39.7. The van der Waals surface area contributed by atoms with Crippen LogP contribution in [0.2, 0.25) is 0 Å². The minimum Gasteiger partial charge on any atom is -0.315 e. The largest absolute Gasteiger partial charge is 0.315 e. The molecule has 0 spiro atoms. The van der Waals surface area contributed by atoms with Gasteiger partial charge in [0.1, 0.15) is 10.7 Å². The molecule has 0 bridgehead atoms. The molecule has 1 heterocycles. The normalized spacial score (nSPS) is 18.3. The maximum absolute atomic E-state index is 13.4. The van der Waals surface area contributed by atoms with Crippen molar-refractivity contribution in [1.82, 2.24) is 0 Å². The Hall–Kier alpha value is -1.14. The van der Waals surface area contributed by atoms with Gasteiger partial charge in [-0.15, -0.1) is 4.40 Å². The zero-order chi connectivity index (χ0) is 11.2. The number of halogens is 2. The number of hydrogen-bond donors (Lipinski definition) is 0. The van der Waals surface area contributed by atoms with E-state index in [-0.39, 0.29) is 15.9 Å². The molecular weight excluding hydrogens is 243 g/mol. The van der Waals surface area contributed by atoms with Crippen LogP contribution in [0.1, 0.15) is 0 Å². The van der Waals surface area contributed by atoms with Crippen LogP contribution in [0.15, 0.2) is 27.5 Å². The second-order valence-electron chi connectivity index (χ2n) is 2.98. The molecule has 2 rings (SSSR count). The fourth-order valence-corrected chi connectivity index (χ4v) is 2.84. The predicted octanol–water partition coefficient (Wildman–Crippen LogP) is 1.56. The van der Waals surface area contributed by atoms with E-state index < -0.39 is 15.8 Å². The lowest BCUT2D eigenvalue weighted by atomic mass is 10.3. The maximum Gasteiger partial charge on any atom is 0.287 e. The highest BCUT2D eigenvalue weighted by Crippen LogP contribution is 2.33. The van der Waals surface area contributed by atoms with E-state index >= 15 is 0 Å². The average molecular weight is 249 g/mol. The van der Waals surface area contributed by atoms with Gasteiger partial charge in [0.2, 0.25) is 5.29 Å². The molecule has 0 saturated carbocycles. The van der Waals surface area contributed by atoms with Crippen molar-refractivity contribution in [2.24, 2.45) is 4.40 Å². The van der Waals surface area contributed by atoms with E-state index in [0.717, 1.165) is 0 Å². The molecule has 15 heavy (non-hydrogen) atoms. The van der Waals surface area contributed by atoms with Crippen LogP contribution in [0, 0.1) is 5.82 Å². The summed E-state index contributed by atoms with van der Waals surface area (Å²) in [4.78, 5) is 1.02. The van der Waals surface area contributed by atoms with Crippen LogP contribution < -0.4 is 4.90 Å². The summed E-state index contributed by atoms with van der Waals surface area (Å²) in [6, 6.07) is 3.77. The van der Waals surface area contributed by atoms with Crippen molar-refractivity contribution in [1.29, 1.82) is 0 Å². The molecule has 80 valence electrons. The second kappa shape index (κ2) is 3.18. The Labute approximate surface area is 91.0 Å². The third-order valence-electron chi connectivity index (χ3n) is 2.04. The lowest BCUT2D eigenvalue weighted by Gasteiger charge is -2.23. The lowest BCUT2D eigenvalue weighted by molar-refractivity contribution is 0.591. The van der Waals surface area contributed by atoms with E-state index in [1.54, 1.807) is 0 Å². The van der Waals surface area contributed by atoms with Crippen molar-refractivity contribution in [3.05, 3.63) is 24.0 Å². The first-order valence-corrected chi connectivity index (χ1v) is 5.78. The number of nitrogens with zero attached hydrogens (tertiary/aromatic N) is 2. The minimum atomic E-state index is -3.87. The predicted molar refractivity (Wildman–Crippen MR) is 55.3 cm³/mol. The average Bonchev–Trinajstić information content (AvgIpc) is 2.14. The molecule has 1 aliphatic heterocycles. The number of rotatable bonds is 0. The van der Waals surface area contributed by atoms with Crippen LogP contribution >= 0.6 is 11.6 Å². The molecule has 7 heteroatoms. The molecule has 0 saturated heterocycles. The summed E-state index contributed by atoms with van der Waals surface area (Å²) in [5, 5.41) is -0.271. The first kappa shape index (κ1) is 10.4. The lowest BCUT2D eigenvalue weighted by Crippen LogP contribution is -2.29. The summed E-state index contributed by atoms with van der Waals surface area (Å²) >= 11 is 5.58. The van der Waals surface area contributed by atoms with Crippen molar-refractivity contribution < 1.29 is 12.8 Å². The Morgan fingerprint density at radius 3 is 2.80 bits per heavy atom. The van der Waals surface area contributed by atoms with Gasteiger partial charge in [0.05, 0.1) is 5.69 Å². The van der Waals surface area contributed by atoms with Gasteiger partial charge in [-0.05, 0) is 23.7 Å². The third kappa shape index (κ3) is 1.49. The number of amidine groups is 1. The number of sulfonamides is 1. The zero-order valence-corrected chi connectivity index (χ0v) is 9.18. The molecule has 1 aliphatic rings. The van der Waals surface area contributed by atoms with Crippen LogP contribution in [-0.4, -0.2) is 20.8 Å². The summed E-state index contributed by atoms with van der Waals surface area (Å²) in [6.07, 6.45) is 0. The van der Waals surface area contributed by atoms with Crippen molar-refractivity contribution >= 4 is 32.6 Å². The monoisotopic (exact) mass is 248 g/mol.